The van der Waals surface area contributed by atoms with Gasteiger partial charge in [0.1, 0.15) is 0 Å². The van der Waals surface area contributed by atoms with Gasteiger partial charge in [-0.1, -0.05) is 13.8 Å². The number of piperidine rings is 1. The SMILES string of the molecule is CC1(C)CN(Cc2ccncc2)CCC1CC(=O)O. The Morgan fingerprint density at radius 3 is 2.74 bits per heavy atom. The van der Waals surface area contributed by atoms with Crippen molar-refractivity contribution in [3.05, 3.63) is 30.1 Å². The number of carboxylic acid groups (broad SMARTS) is 1. The first kappa shape index (κ1) is 14.0. The van der Waals surface area contributed by atoms with Gasteiger partial charge in [-0.3, -0.25) is 14.7 Å². The minimum absolute atomic E-state index is 0.0592. The van der Waals surface area contributed by atoms with Crippen LogP contribution in [0.3, 0.4) is 0 Å². The molecule has 1 aliphatic rings. The van der Waals surface area contributed by atoms with Gasteiger partial charge in [-0.15, -0.1) is 0 Å². The van der Waals surface area contributed by atoms with Crippen LogP contribution < -0.4 is 0 Å². The molecule has 1 saturated heterocycles. The van der Waals surface area contributed by atoms with Gasteiger partial charge in [0.2, 0.25) is 0 Å². The van der Waals surface area contributed by atoms with Crippen molar-refractivity contribution in [3.63, 3.8) is 0 Å². The van der Waals surface area contributed by atoms with Crippen LogP contribution in [0, 0.1) is 11.3 Å². The molecule has 104 valence electrons. The Kier molecular flexibility index (Phi) is 4.20. The van der Waals surface area contributed by atoms with Crippen molar-refractivity contribution in [3.8, 4) is 0 Å². The molecule has 1 atom stereocenters. The summed E-state index contributed by atoms with van der Waals surface area (Å²) in [4.78, 5) is 17.3. The van der Waals surface area contributed by atoms with Gasteiger partial charge in [-0.2, -0.15) is 0 Å². The summed E-state index contributed by atoms with van der Waals surface area (Å²) >= 11 is 0. The number of carboxylic acids is 1. The zero-order valence-electron chi connectivity index (χ0n) is 11.7. The highest BCUT2D eigenvalue weighted by Crippen LogP contribution is 2.37. The predicted octanol–water partition coefficient (Wildman–Crippen LogP) is 2.40. The third-order valence-electron chi connectivity index (χ3n) is 4.11. The monoisotopic (exact) mass is 262 g/mol. The molecule has 4 nitrogen and oxygen atoms in total. The second kappa shape index (κ2) is 5.70. The van der Waals surface area contributed by atoms with E-state index in [-0.39, 0.29) is 17.8 Å². The van der Waals surface area contributed by atoms with Gasteiger partial charge in [0.25, 0.3) is 0 Å². The molecule has 0 aliphatic carbocycles. The molecular weight excluding hydrogens is 240 g/mol. The Labute approximate surface area is 114 Å². The number of aliphatic carboxylic acids is 1. The number of hydrogen-bond acceptors (Lipinski definition) is 3. The minimum atomic E-state index is -0.680. The molecule has 2 heterocycles. The van der Waals surface area contributed by atoms with E-state index in [1.807, 2.05) is 24.5 Å². The Balaban J connectivity index is 1.96. The first-order chi connectivity index (χ1) is 8.97. The molecule has 19 heavy (non-hydrogen) atoms. The van der Waals surface area contributed by atoms with Gasteiger partial charge in [0, 0.05) is 31.9 Å². The molecule has 0 bridgehead atoms. The molecule has 4 heteroatoms. The zero-order valence-corrected chi connectivity index (χ0v) is 11.7. The van der Waals surface area contributed by atoms with E-state index in [4.69, 9.17) is 5.11 Å². The van der Waals surface area contributed by atoms with Crippen molar-refractivity contribution < 1.29 is 9.90 Å². The van der Waals surface area contributed by atoms with Crippen molar-refractivity contribution in [2.75, 3.05) is 13.1 Å². The van der Waals surface area contributed by atoms with Crippen LogP contribution in [0.2, 0.25) is 0 Å². The third-order valence-corrected chi connectivity index (χ3v) is 4.11. The second-order valence-corrected chi connectivity index (χ2v) is 6.14. The summed E-state index contributed by atoms with van der Waals surface area (Å²) in [7, 11) is 0. The Morgan fingerprint density at radius 2 is 2.16 bits per heavy atom. The molecule has 1 fully saturated rings. The normalized spacial score (nSPS) is 23.2. The van der Waals surface area contributed by atoms with Crippen LogP contribution in [0.5, 0.6) is 0 Å². The van der Waals surface area contributed by atoms with Crippen LogP contribution >= 0.6 is 0 Å². The number of pyridine rings is 1. The maximum absolute atomic E-state index is 10.9. The largest absolute Gasteiger partial charge is 0.481 e. The standard InChI is InChI=1S/C15H22N2O2/c1-15(2)11-17(8-5-13(15)9-14(18)19)10-12-3-6-16-7-4-12/h3-4,6-7,13H,5,8-11H2,1-2H3,(H,18,19). The fraction of sp³-hybridized carbons (Fsp3) is 0.600. The topological polar surface area (TPSA) is 53.4 Å². The van der Waals surface area contributed by atoms with Gasteiger partial charge in [-0.25, -0.2) is 0 Å². The van der Waals surface area contributed by atoms with Crippen molar-refractivity contribution in [2.24, 2.45) is 11.3 Å². The average molecular weight is 262 g/mol. The fourth-order valence-corrected chi connectivity index (χ4v) is 2.98. The quantitative estimate of drug-likeness (QED) is 0.905. The summed E-state index contributed by atoms with van der Waals surface area (Å²) in [5.41, 5.74) is 1.33. The highest BCUT2D eigenvalue weighted by molar-refractivity contribution is 5.67. The molecule has 1 aliphatic heterocycles. The molecule has 0 aromatic carbocycles. The van der Waals surface area contributed by atoms with Crippen molar-refractivity contribution in [1.29, 1.82) is 0 Å². The first-order valence-corrected chi connectivity index (χ1v) is 6.80. The van der Waals surface area contributed by atoms with Gasteiger partial charge in [0.15, 0.2) is 0 Å². The predicted molar refractivity (Wildman–Crippen MR) is 73.7 cm³/mol. The molecule has 1 N–H and O–H groups in total. The summed E-state index contributed by atoms with van der Waals surface area (Å²) in [6.07, 6.45) is 4.88. The molecule has 0 amide bonds. The van der Waals surface area contributed by atoms with Gasteiger partial charge in [0.05, 0.1) is 0 Å². The van der Waals surface area contributed by atoms with Gasteiger partial charge >= 0.3 is 5.97 Å². The molecule has 1 unspecified atom stereocenters. The number of likely N-dealkylation sites (tertiary alicyclic amines) is 1. The van der Waals surface area contributed by atoms with Crippen molar-refractivity contribution in [2.45, 2.75) is 33.2 Å². The number of rotatable bonds is 4. The van der Waals surface area contributed by atoms with Crippen LogP contribution in [0.1, 0.15) is 32.3 Å². The smallest absolute Gasteiger partial charge is 0.303 e. The summed E-state index contributed by atoms with van der Waals surface area (Å²) < 4.78 is 0. The summed E-state index contributed by atoms with van der Waals surface area (Å²) in [5.74, 6) is -0.403. The van der Waals surface area contributed by atoms with Crippen LogP contribution in [-0.2, 0) is 11.3 Å². The minimum Gasteiger partial charge on any atom is -0.481 e. The fourth-order valence-electron chi connectivity index (χ4n) is 2.98. The summed E-state index contributed by atoms with van der Waals surface area (Å²) in [6, 6.07) is 4.08. The molecule has 0 spiro atoms. The lowest BCUT2D eigenvalue weighted by molar-refractivity contribution is -0.140. The van der Waals surface area contributed by atoms with Crippen molar-refractivity contribution >= 4 is 5.97 Å². The van der Waals surface area contributed by atoms with E-state index in [1.165, 1.54) is 5.56 Å². The summed E-state index contributed by atoms with van der Waals surface area (Å²) in [5, 5.41) is 8.98. The van der Waals surface area contributed by atoms with Gasteiger partial charge in [-0.05, 0) is 42.0 Å². The average Bonchev–Trinajstić information content (AvgIpc) is 2.33. The number of carbonyl (C=O) groups is 1. The lowest BCUT2D eigenvalue weighted by Gasteiger charge is -2.44. The maximum atomic E-state index is 10.9. The third kappa shape index (κ3) is 3.77. The van der Waals surface area contributed by atoms with E-state index in [1.54, 1.807) is 0 Å². The number of hydrogen-bond donors (Lipinski definition) is 1. The van der Waals surface area contributed by atoms with Crippen LogP contribution in [-0.4, -0.2) is 34.0 Å². The highest BCUT2D eigenvalue weighted by atomic mass is 16.4. The lowest BCUT2D eigenvalue weighted by Crippen LogP contribution is -2.45. The molecular formula is C15H22N2O2. The first-order valence-electron chi connectivity index (χ1n) is 6.80. The molecule has 2 rings (SSSR count). The van der Waals surface area contributed by atoms with E-state index >= 15 is 0 Å². The highest BCUT2D eigenvalue weighted by Gasteiger charge is 2.36. The van der Waals surface area contributed by atoms with Crippen molar-refractivity contribution in [1.82, 2.24) is 9.88 Å². The lowest BCUT2D eigenvalue weighted by atomic mass is 9.72. The maximum Gasteiger partial charge on any atom is 0.303 e. The molecule has 0 saturated carbocycles. The Morgan fingerprint density at radius 1 is 1.47 bits per heavy atom. The molecule has 1 aromatic rings. The Hall–Kier alpha value is -1.42. The van der Waals surface area contributed by atoms with Gasteiger partial charge < -0.3 is 5.11 Å². The number of nitrogens with zero attached hydrogens (tertiary/aromatic N) is 2. The van der Waals surface area contributed by atoms with E-state index in [0.29, 0.717) is 0 Å². The zero-order chi connectivity index (χ0) is 13.9. The Bertz CT molecular complexity index is 431. The van der Waals surface area contributed by atoms with Crippen LogP contribution in [0.4, 0.5) is 0 Å². The van der Waals surface area contributed by atoms with E-state index in [9.17, 15) is 4.79 Å². The van der Waals surface area contributed by atoms with E-state index < -0.39 is 5.97 Å². The van der Waals surface area contributed by atoms with Crippen LogP contribution in [0.25, 0.3) is 0 Å². The summed E-state index contributed by atoms with van der Waals surface area (Å²) in [6.45, 7) is 7.21. The van der Waals surface area contributed by atoms with Crippen LogP contribution in [0.15, 0.2) is 24.5 Å². The van der Waals surface area contributed by atoms with E-state index in [0.717, 1.165) is 26.1 Å². The molecule has 1 aromatic heterocycles. The molecule has 0 radical (unpaired) electrons. The second-order valence-electron chi connectivity index (χ2n) is 6.14. The number of aromatic nitrogens is 1. The van der Waals surface area contributed by atoms with E-state index in [2.05, 4.69) is 23.7 Å².